The molecular weight excluding hydrogens is 252 g/mol. The Labute approximate surface area is 122 Å². The van der Waals surface area contributed by atoms with Gasteiger partial charge in [-0.3, -0.25) is 0 Å². The molecule has 0 heterocycles. The highest BCUT2D eigenvalue weighted by atomic mass is 28.3. The number of rotatable bonds is 5. The minimum Gasteiger partial charge on any atom is -0.367 e. The molecule has 0 aliphatic rings. The Morgan fingerprint density at radius 1 is 0.895 bits per heavy atom. The Bertz CT molecular complexity index is 265. The van der Waals surface area contributed by atoms with E-state index in [9.17, 15) is 5.11 Å². The standard InChI is InChI=1S/C16H36O2Si/c1-14(2,3)16(7,15(4,5)6)13(17)18-11-12-19(8,9)10/h13,17H,11-12H2,1-10H3. The summed E-state index contributed by atoms with van der Waals surface area (Å²) in [7, 11) is -1.11. The van der Waals surface area contributed by atoms with Crippen molar-refractivity contribution in [1.29, 1.82) is 0 Å². The molecule has 1 unspecified atom stereocenters. The summed E-state index contributed by atoms with van der Waals surface area (Å²) in [6.07, 6.45) is -0.719. The van der Waals surface area contributed by atoms with Crippen LogP contribution in [0.3, 0.4) is 0 Å². The maximum atomic E-state index is 10.6. The third-order valence-corrected chi connectivity index (χ3v) is 6.44. The topological polar surface area (TPSA) is 29.5 Å². The van der Waals surface area contributed by atoms with Gasteiger partial charge in [-0.15, -0.1) is 0 Å². The van der Waals surface area contributed by atoms with Crippen LogP contribution in [0.4, 0.5) is 0 Å². The average molecular weight is 289 g/mol. The predicted octanol–water partition coefficient (Wildman–Crippen LogP) is 4.76. The maximum Gasteiger partial charge on any atom is 0.160 e. The second-order valence-electron chi connectivity index (χ2n) is 9.24. The molecule has 0 rings (SSSR count). The summed E-state index contributed by atoms with van der Waals surface area (Å²) in [6, 6.07) is 1.09. The van der Waals surface area contributed by atoms with E-state index in [0.29, 0.717) is 6.61 Å². The van der Waals surface area contributed by atoms with E-state index in [1.54, 1.807) is 0 Å². The van der Waals surface area contributed by atoms with Crippen molar-refractivity contribution < 1.29 is 9.84 Å². The van der Waals surface area contributed by atoms with Crippen molar-refractivity contribution in [1.82, 2.24) is 0 Å². The fraction of sp³-hybridized carbons (Fsp3) is 1.00. The molecule has 0 spiro atoms. The van der Waals surface area contributed by atoms with E-state index >= 15 is 0 Å². The number of hydrogen-bond donors (Lipinski definition) is 1. The summed E-state index contributed by atoms with van der Waals surface area (Å²) in [5.74, 6) is 0. The van der Waals surface area contributed by atoms with Crippen molar-refractivity contribution >= 4 is 8.07 Å². The first-order valence-corrected chi connectivity index (χ1v) is 11.1. The fourth-order valence-corrected chi connectivity index (χ4v) is 3.24. The van der Waals surface area contributed by atoms with Crippen LogP contribution in [0.2, 0.25) is 25.7 Å². The molecule has 1 atom stereocenters. The van der Waals surface area contributed by atoms with Gasteiger partial charge >= 0.3 is 0 Å². The molecule has 0 aromatic carbocycles. The molecule has 0 aliphatic carbocycles. The average Bonchev–Trinajstić information content (AvgIpc) is 2.10. The molecule has 0 aliphatic heterocycles. The SMILES string of the molecule is CC(C)(C)C(C)(C(O)OCC[Si](C)(C)C)C(C)(C)C. The summed E-state index contributed by atoms with van der Waals surface area (Å²) >= 11 is 0. The van der Waals surface area contributed by atoms with E-state index < -0.39 is 14.4 Å². The van der Waals surface area contributed by atoms with Crippen molar-refractivity contribution in [2.24, 2.45) is 16.2 Å². The minimum atomic E-state index is -1.11. The lowest BCUT2D eigenvalue weighted by molar-refractivity contribution is -0.236. The van der Waals surface area contributed by atoms with Crippen molar-refractivity contribution in [2.75, 3.05) is 6.61 Å². The normalized spacial score (nSPS) is 16.6. The third kappa shape index (κ3) is 4.87. The van der Waals surface area contributed by atoms with Gasteiger partial charge in [0.2, 0.25) is 0 Å². The van der Waals surface area contributed by atoms with Gasteiger partial charge in [0.05, 0.1) is 0 Å². The van der Waals surface area contributed by atoms with Crippen LogP contribution in [0.5, 0.6) is 0 Å². The van der Waals surface area contributed by atoms with Crippen LogP contribution >= 0.6 is 0 Å². The maximum absolute atomic E-state index is 10.6. The van der Waals surface area contributed by atoms with E-state index in [2.05, 4.69) is 68.1 Å². The smallest absolute Gasteiger partial charge is 0.160 e. The van der Waals surface area contributed by atoms with Crippen LogP contribution in [0.25, 0.3) is 0 Å². The highest BCUT2D eigenvalue weighted by molar-refractivity contribution is 6.76. The van der Waals surface area contributed by atoms with Crippen LogP contribution in [0.1, 0.15) is 48.5 Å². The number of aliphatic hydroxyl groups excluding tert-OH is 1. The number of ether oxygens (including phenoxy) is 1. The lowest BCUT2D eigenvalue weighted by Gasteiger charge is -2.53. The van der Waals surface area contributed by atoms with Crippen LogP contribution in [-0.4, -0.2) is 26.1 Å². The van der Waals surface area contributed by atoms with Gasteiger partial charge in [-0.1, -0.05) is 68.1 Å². The van der Waals surface area contributed by atoms with Gasteiger partial charge < -0.3 is 9.84 Å². The zero-order valence-corrected chi connectivity index (χ0v) is 15.8. The zero-order valence-electron chi connectivity index (χ0n) is 14.8. The molecule has 0 fully saturated rings. The zero-order chi connectivity index (χ0) is 15.7. The molecule has 2 nitrogen and oxygen atoms in total. The van der Waals surface area contributed by atoms with Crippen LogP contribution in [-0.2, 0) is 4.74 Å². The van der Waals surface area contributed by atoms with Crippen molar-refractivity contribution in [3.8, 4) is 0 Å². The van der Waals surface area contributed by atoms with Crippen LogP contribution in [0, 0.1) is 16.2 Å². The molecule has 0 bridgehead atoms. The van der Waals surface area contributed by atoms with Crippen molar-refractivity contribution in [2.45, 2.75) is 80.4 Å². The van der Waals surface area contributed by atoms with Crippen LogP contribution < -0.4 is 0 Å². The van der Waals surface area contributed by atoms with E-state index in [4.69, 9.17) is 4.74 Å². The molecule has 0 aromatic rings. The Morgan fingerprint density at radius 2 is 1.26 bits per heavy atom. The lowest BCUT2D eigenvalue weighted by atomic mass is 9.54. The minimum absolute atomic E-state index is 0.0240. The Balaban J connectivity index is 4.92. The largest absolute Gasteiger partial charge is 0.367 e. The summed E-state index contributed by atoms with van der Waals surface area (Å²) in [5.41, 5.74) is -0.340. The van der Waals surface area contributed by atoms with Gasteiger partial charge in [0.15, 0.2) is 6.29 Å². The van der Waals surface area contributed by atoms with E-state index in [1.807, 2.05) is 0 Å². The van der Waals surface area contributed by atoms with Gasteiger partial charge in [0, 0.05) is 20.1 Å². The van der Waals surface area contributed by atoms with Crippen molar-refractivity contribution in [3.05, 3.63) is 0 Å². The van der Waals surface area contributed by atoms with E-state index in [0.717, 1.165) is 6.04 Å². The first kappa shape index (κ1) is 19.1. The Morgan fingerprint density at radius 3 is 1.53 bits per heavy atom. The lowest BCUT2D eigenvalue weighted by Crippen LogP contribution is -2.53. The third-order valence-electron chi connectivity index (χ3n) is 4.74. The molecule has 116 valence electrons. The number of aliphatic hydroxyl groups is 1. The molecule has 0 aromatic heterocycles. The van der Waals surface area contributed by atoms with Gasteiger partial charge in [-0.05, 0) is 16.9 Å². The second kappa shape index (κ2) is 5.86. The second-order valence-corrected chi connectivity index (χ2v) is 14.9. The molecule has 0 saturated heterocycles. The molecule has 1 N–H and O–H groups in total. The fourth-order valence-electron chi connectivity index (χ4n) is 2.51. The quantitative estimate of drug-likeness (QED) is 0.584. The van der Waals surface area contributed by atoms with Crippen molar-refractivity contribution in [3.63, 3.8) is 0 Å². The molecule has 0 saturated carbocycles. The predicted molar refractivity (Wildman–Crippen MR) is 87.1 cm³/mol. The number of hydrogen-bond acceptors (Lipinski definition) is 2. The highest BCUT2D eigenvalue weighted by Crippen LogP contribution is 2.53. The molecular formula is C16H36O2Si. The van der Waals surface area contributed by atoms with Gasteiger partial charge in [0.25, 0.3) is 0 Å². The first-order chi connectivity index (χ1) is 8.13. The van der Waals surface area contributed by atoms with E-state index in [-0.39, 0.29) is 16.2 Å². The molecule has 19 heavy (non-hydrogen) atoms. The summed E-state index contributed by atoms with van der Waals surface area (Å²) in [5, 5.41) is 10.6. The Hall–Kier alpha value is 0.137. The summed E-state index contributed by atoms with van der Waals surface area (Å²) in [4.78, 5) is 0. The molecule has 0 amide bonds. The highest BCUT2D eigenvalue weighted by Gasteiger charge is 2.52. The molecule has 3 heteroatoms. The van der Waals surface area contributed by atoms with Gasteiger partial charge in [0.1, 0.15) is 0 Å². The van der Waals surface area contributed by atoms with Crippen LogP contribution in [0.15, 0.2) is 0 Å². The summed E-state index contributed by atoms with van der Waals surface area (Å²) < 4.78 is 5.83. The van der Waals surface area contributed by atoms with Gasteiger partial charge in [-0.25, -0.2) is 0 Å². The Kier molecular flexibility index (Phi) is 5.91. The monoisotopic (exact) mass is 288 g/mol. The molecule has 0 radical (unpaired) electrons. The first-order valence-electron chi connectivity index (χ1n) is 7.42. The van der Waals surface area contributed by atoms with Gasteiger partial charge in [-0.2, -0.15) is 0 Å². The van der Waals surface area contributed by atoms with E-state index in [1.165, 1.54) is 0 Å². The summed E-state index contributed by atoms with van der Waals surface area (Å²) in [6.45, 7) is 22.9.